The van der Waals surface area contributed by atoms with Crippen LogP contribution in [0.25, 0.3) is 10.8 Å². The van der Waals surface area contributed by atoms with Gasteiger partial charge in [-0.1, -0.05) is 37.6 Å². The second kappa shape index (κ2) is 6.08. The molecule has 0 radical (unpaired) electrons. The minimum atomic E-state index is 0.114. The molecule has 0 aliphatic rings. The molecule has 20 heavy (non-hydrogen) atoms. The lowest BCUT2D eigenvalue weighted by molar-refractivity contribution is -0.116. The van der Waals surface area contributed by atoms with Crippen molar-refractivity contribution in [1.82, 2.24) is 0 Å². The Morgan fingerprint density at radius 1 is 1.00 bits per heavy atom. The van der Waals surface area contributed by atoms with Gasteiger partial charge in [0.05, 0.1) is 5.69 Å². The van der Waals surface area contributed by atoms with Gasteiger partial charge in [0, 0.05) is 11.8 Å². The van der Waals surface area contributed by atoms with Crippen LogP contribution in [0.1, 0.15) is 42.9 Å². The smallest absolute Gasteiger partial charge is 0.224 e. The van der Waals surface area contributed by atoms with Gasteiger partial charge in [0.15, 0.2) is 0 Å². The summed E-state index contributed by atoms with van der Waals surface area (Å²) in [4.78, 5) is 12.1. The number of unbranched alkanes of at least 4 members (excludes halogenated alkanes) is 1. The number of benzene rings is 2. The summed E-state index contributed by atoms with van der Waals surface area (Å²) in [5, 5.41) is 5.48. The van der Waals surface area contributed by atoms with Crippen molar-refractivity contribution in [2.24, 2.45) is 0 Å². The van der Waals surface area contributed by atoms with Gasteiger partial charge in [0.1, 0.15) is 0 Å². The Hall–Kier alpha value is -1.83. The molecule has 2 nitrogen and oxygen atoms in total. The monoisotopic (exact) mass is 269 g/mol. The fraction of sp³-hybridized carbons (Fsp3) is 0.389. The summed E-state index contributed by atoms with van der Waals surface area (Å²) in [6.45, 7) is 8.46. The molecule has 2 aromatic rings. The van der Waals surface area contributed by atoms with Crippen LogP contribution in [0, 0.1) is 20.8 Å². The molecule has 1 N–H and O–H groups in total. The van der Waals surface area contributed by atoms with E-state index in [1.54, 1.807) is 0 Å². The van der Waals surface area contributed by atoms with Crippen LogP contribution in [0.4, 0.5) is 5.69 Å². The van der Waals surface area contributed by atoms with Crippen molar-refractivity contribution >= 4 is 22.4 Å². The predicted octanol–water partition coefficient (Wildman–Crippen LogP) is 4.89. The molecule has 1 amide bonds. The molecule has 0 fully saturated rings. The van der Waals surface area contributed by atoms with Crippen LogP contribution in [0.15, 0.2) is 24.3 Å². The van der Waals surface area contributed by atoms with E-state index >= 15 is 0 Å². The van der Waals surface area contributed by atoms with Crippen molar-refractivity contribution in [2.45, 2.75) is 47.0 Å². The van der Waals surface area contributed by atoms with Crippen molar-refractivity contribution < 1.29 is 4.79 Å². The first-order valence-electron chi connectivity index (χ1n) is 7.34. The maximum absolute atomic E-state index is 12.1. The van der Waals surface area contributed by atoms with E-state index in [0.29, 0.717) is 6.42 Å². The highest BCUT2D eigenvalue weighted by Gasteiger charge is 2.13. The third-order valence-electron chi connectivity index (χ3n) is 4.12. The lowest BCUT2D eigenvalue weighted by atomic mass is 9.94. The molecule has 2 heteroatoms. The van der Waals surface area contributed by atoms with E-state index in [9.17, 15) is 4.79 Å². The van der Waals surface area contributed by atoms with E-state index in [0.717, 1.165) is 23.9 Å². The Balaban J connectivity index is 2.49. The lowest BCUT2D eigenvalue weighted by Gasteiger charge is -2.17. The molecule has 0 bridgehead atoms. The van der Waals surface area contributed by atoms with Crippen molar-refractivity contribution in [3.05, 3.63) is 41.0 Å². The van der Waals surface area contributed by atoms with Crippen LogP contribution < -0.4 is 5.32 Å². The lowest BCUT2D eigenvalue weighted by Crippen LogP contribution is -2.13. The van der Waals surface area contributed by atoms with Crippen LogP contribution in [0.2, 0.25) is 0 Å². The number of rotatable bonds is 4. The topological polar surface area (TPSA) is 29.1 Å². The minimum absolute atomic E-state index is 0.114. The first kappa shape index (κ1) is 14.6. The average Bonchev–Trinajstić information content (AvgIpc) is 2.47. The molecule has 0 aliphatic carbocycles. The number of fused-ring (bicyclic) bond motifs is 1. The second-order valence-electron chi connectivity index (χ2n) is 5.45. The molecule has 0 heterocycles. The summed E-state index contributed by atoms with van der Waals surface area (Å²) in [6, 6.07) is 8.29. The molecule has 2 rings (SSSR count). The molecular formula is C18H23NO. The number of anilines is 1. The normalized spacial score (nSPS) is 10.8. The fourth-order valence-corrected chi connectivity index (χ4v) is 2.60. The van der Waals surface area contributed by atoms with Crippen molar-refractivity contribution in [3.8, 4) is 0 Å². The molecule has 106 valence electrons. The van der Waals surface area contributed by atoms with E-state index in [2.05, 4.69) is 45.1 Å². The van der Waals surface area contributed by atoms with E-state index in [1.165, 1.54) is 22.1 Å². The van der Waals surface area contributed by atoms with Crippen molar-refractivity contribution in [1.29, 1.82) is 0 Å². The third-order valence-corrected chi connectivity index (χ3v) is 4.12. The molecule has 0 saturated heterocycles. The Bertz CT molecular complexity index is 643. The zero-order valence-electron chi connectivity index (χ0n) is 12.8. The molecule has 2 aromatic carbocycles. The Labute approximate surface area is 121 Å². The van der Waals surface area contributed by atoms with E-state index < -0.39 is 0 Å². The van der Waals surface area contributed by atoms with Crippen LogP contribution in [0.3, 0.4) is 0 Å². The molecule has 0 saturated carbocycles. The summed E-state index contributed by atoms with van der Waals surface area (Å²) < 4.78 is 0. The van der Waals surface area contributed by atoms with Crippen molar-refractivity contribution in [2.75, 3.05) is 5.32 Å². The highest BCUT2D eigenvalue weighted by molar-refractivity contribution is 6.05. The van der Waals surface area contributed by atoms with Gasteiger partial charge in [-0.2, -0.15) is 0 Å². The Morgan fingerprint density at radius 2 is 1.65 bits per heavy atom. The highest BCUT2D eigenvalue weighted by Crippen LogP contribution is 2.33. The van der Waals surface area contributed by atoms with Gasteiger partial charge in [0.25, 0.3) is 0 Å². The van der Waals surface area contributed by atoms with Gasteiger partial charge >= 0.3 is 0 Å². The number of amides is 1. The molecule has 0 unspecified atom stereocenters. The van der Waals surface area contributed by atoms with Gasteiger partial charge < -0.3 is 5.32 Å². The van der Waals surface area contributed by atoms with Crippen LogP contribution in [-0.2, 0) is 4.79 Å². The summed E-state index contributed by atoms with van der Waals surface area (Å²) >= 11 is 0. The highest BCUT2D eigenvalue weighted by atomic mass is 16.1. The van der Waals surface area contributed by atoms with Crippen LogP contribution >= 0.6 is 0 Å². The maximum atomic E-state index is 12.1. The SMILES string of the molecule is CCCCC(=O)Nc1c(C)c(C)c(C)c2ccccc12. The molecule has 0 aromatic heterocycles. The third kappa shape index (κ3) is 2.69. The van der Waals surface area contributed by atoms with E-state index in [-0.39, 0.29) is 5.91 Å². The van der Waals surface area contributed by atoms with Gasteiger partial charge in [-0.3, -0.25) is 4.79 Å². The van der Waals surface area contributed by atoms with Crippen molar-refractivity contribution in [3.63, 3.8) is 0 Å². The van der Waals surface area contributed by atoms with Gasteiger partial charge in [-0.15, -0.1) is 0 Å². The summed E-state index contributed by atoms with van der Waals surface area (Å²) in [6.07, 6.45) is 2.57. The number of hydrogen-bond donors (Lipinski definition) is 1. The number of carbonyl (C=O) groups is 1. The number of hydrogen-bond acceptors (Lipinski definition) is 1. The fourth-order valence-electron chi connectivity index (χ4n) is 2.60. The average molecular weight is 269 g/mol. The zero-order chi connectivity index (χ0) is 14.7. The quantitative estimate of drug-likeness (QED) is 0.841. The van der Waals surface area contributed by atoms with E-state index in [4.69, 9.17) is 0 Å². The van der Waals surface area contributed by atoms with Gasteiger partial charge in [-0.25, -0.2) is 0 Å². The van der Waals surface area contributed by atoms with Crippen LogP contribution in [0.5, 0.6) is 0 Å². The summed E-state index contributed by atoms with van der Waals surface area (Å²) in [5.41, 5.74) is 4.70. The minimum Gasteiger partial charge on any atom is -0.325 e. The number of carbonyl (C=O) groups excluding carboxylic acids is 1. The molecular weight excluding hydrogens is 246 g/mol. The number of aryl methyl sites for hydroxylation is 1. The molecule has 0 atom stereocenters. The first-order chi connectivity index (χ1) is 9.56. The summed E-state index contributed by atoms with van der Waals surface area (Å²) in [7, 11) is 0. The van der Waals surface area contributed by atoms with Gasteiger partial charge in [-0.05, 0) is 49.3 Å². The first-order valence-corrected chi connectivity index (χ1v) is 7.34. The van der Waals surface area contributed by atoms with Gasteiger partial charge in [0.2, 0.25) is 5.91 Å². The second-order valence-corrected chi connectivity index (χ2v) is 5.45. The van der Waals surface area contributed by atoms with E-state index in [1.807, 2.05) is 12.1 Å². The number of nitrogens with one attached hydrogen (secondary N) is 1. The Morgan fingerprint density at radius 3 is 2.30 bits per heavy atom. The van der Waals surface area contributed by atoms with Crippen LogP contribution in [-0.4, -0.2) is 5.91 Å². The Kier molecular flexibility index (Phi) is 4.43. The predicted molar refractivity (Wildman–Crippen MR) is 86.3 cm³/mol. The molecule has 0 spiro atoms. The standard InChI is InChI=1S/C18H23NO/c1-5-6-11-17(20)19-18-14(4)12(2)13(3)15-9-7-8-10-16(15)18/h7-10H,5-6,11H2,1-4H3,(H,19,20). The maximum Gasteiger partial charge on any atom is 0.224 e. The zero-order valence-corrected chi connectivity index (χ0v) is 12.8. The summed E-state index contributed by atoms with van der Waals surface area (Å²) in [5.74, 6) is 0.114. The molecule has 0 aliphatic heterocycles. The largest absolute Gasteiger partial charge is 0.325 e.